The van der Waals surface area contributed by atoms with E-state index in [0.29, 0.717) is 12.5 Å². The van der Waals surface area contributed by atoms with Crippen molar-refractivity contribution in [3.8, 4) is 0 Å². The molecule has 0 fully saturated rings. The van der Waals surface area contributed by atoms with Gasteiger partial charge in [0.25, 0.3) is 0 Å². The first-order valence-electron chi connectivity index (χ1n) is 3.63. The lowest BCUT2D eigenvalue weighted by Crippen LogP contribution is -1.99. The Kier molecular flexibility index (Phi) is 4.84. The molecule has 3 heteroatoms. The molecule has 0 bridgehead atoms. The van der Waals surface area contributed by atoms with Gasteiger partial charge in [-0.2, -0.15) is 0 Å². The van der Waals surface area contributed by atoms with Gasteiger partial charge in [0.2, 0.25) is 0 Å². The minimum absolute atomic E-state index is 0.147. The topological polar surface area (TPSA) is 26.3 Å². The quantitative estimate of drug-likeness (QED) is 0.595. The van der Waals surface area contributed by atoms with E-state index in [9.17, 15) is 4.57 Å². The molecule has 0 aliphatic carbocycles. The molecule has 60 valence electrons. The average Bonchev–Trinajstić information content (AvgIpc) is 1.82. The van der Waals surface area contributed by atoms with Crippen molar-refractivity contribution in [3.63, 3.8) is 0 Å². The zero-order valence-electron chi connectivity index (χ0n) is 7.13. The SMILES string of the molecule is CC(C)CO[P+](=O)C(C)C. The van der Waals surface area contributed by atoms with Crippen LogP contribution < -0.4 is 0 Å². The highest BCUT2D eigenvalue weighted by molar-refractivity contribution is 7.39. The van der Waals surface area contributed by atoms with Gasteiger partial charge in [0.15, 0.2) is 5.66 Å². The molecule has 0 aliphatic rings. The summed E-state index contributed by atoms with van der Waals surface area (Å²) in [5.74, 6) is 0.470. The molecule has 0 spiro atoms. The molecule has 0 saturated carbocycles. The van der Waals surface area contributed by atoms with Crippen LogP contribution in [0.2, 0.25) is 0 Å². The van der Waals surface area contributed by atoms with Crippen molar-refractivity contribution in [2.45, 2.75) is 33.4 Å². The van der Waals surface area contributed by atoms with Crippen molar-refractivity contribution < 1.29 is 9.09 Å². The summed E-state index contributed by atoms with van der Waals surface area (Å²) in [4.78, 5) is 0. The Balaban J connectivity index is 3.40. The first kappa shape index (κ1) is 10.1. The Labute approximate surface area is 63.8 Å². The predicted octanol–water partition coefficient (Wildman–Crippen LogP) is 2.81. The highest BCUT2D eigenvalue weighted by atomic mass is 31.1. The molecule has 1 unspecified atom stereocenters. The van der Waals surface area contributed by atoms with Crippen LogP contribution in [-0.2, 0) is 9.09 Å². The van der Waals surface area contributed by atoms with Gasteiger partial charge in [-0.3, -0.25) is 0 Å². The third kappa shape index (κ3) is 4.89. The summed E-state index contributed by atoms with van der Waals surface area (Å²) in [5.41, 5.74) is 0.147. The third-order valence-electron chi connectivity index (χ3n) is 0.957. The van der Waals surface area contributed by atoms with Gasteiger partial charge in [-0.25, -0.2) is 0 Å². The summed E-state index contributed by atoms with van der Waals surface area (Å²) >= 11 is 0. The van der Waals surface area contributed by atoms with E-state index in [-0.39, 0.29) is 5.66 Å². The van der Waals surface area contributed by atoms with E-state index in [1.54, 1.807) is 0 Å². The zero-order chi connectivity index (χ0) is 8.15. The van der Waals surface area contributed by atoms with Gasteiger partial charge in [0.1, 0.15) is 6.61 Å². The summed E-state index contributed by atoms with van der Waals surface area (Å²) in [6.45, 7) is 8.50. The second-order valence-corrected chi connectivity index (χ2v) is 4.93. The van der Waals surface area contributed by atoms with Crippen molar-refractivity contribution in [2.75, 3.05) is 6.61 Å². The smallest absolute Gasteiger partial charge is 0.146 e. The lowest BCUT2D eigenvalue weighted by atomic mass is 10.2. The molecular formula is C7H16O2P+. The Morgan fingerprint density at radius 3 is 2.10 bits per heavy atom. The number of hydrogen-bond donors (Lipinski definition) is 0. The molecular weight excluding hydrogens is 147 g/mol. The van der Waals surface area contributed by atoms with E-state index < -0.39 is 8.03 Å². The first-order valence-corrected chi connectivity index (χ1v) is 4.88. The number of rotatable bonds is 4. The van der Waals surface area contributed by atoms with E-state index in [2.05, 4.69) is 0 Å². The van der Waals surface area contributed by atoms with Crippen LogP contribution in [0, 0.1) is 5.92 Å². The Morgan fingerprint density at radius 1 is 1.30 bits per heavy atom. The van der Waals surface area contributed by atoms with Crippen molar-refractivity contribution in [2.24, 2.45) is 5.92 Å². The van der Waals surface area contributed by atoms with E-state index in [4.69, 9.17) is 4.52 Å². The molecule has 0 radical (unpaired) electrons. The van der Waals surface area contributed by atoms with Gasteiger partial charge < -0.3 is 0 Å². The molecule has 0 aromatic heterocycles. The van der Waals surface area contributed by atoms with Crippen molar-refractivity contribution in [1.82, 2.24) is 0 Å². The Morgan fingerprint density at radius 2 is 1.80 bits per heavy atom. The predicted molar refractivity (Wildman–Crippen MR) is 43.5 cm³/mol. The van der Waals surface area contributed by atoms with Crippen LogP contribution in [0.5, 0.6) is 0 Å². The summed E-state index contributed by atoms with van der Waals surface area (Å²) in [6, 6.07) is 0. The lowest BCUT2D eigenvalue weighted by molar-refractivity contribution is 0.280. The van der Waals surface area contributed by atoms with Crippen LogP contribution >= 0.6 is 8.03 Å². The maximum atomic E-state index is 11.0. The molecule has 0 N–H and O–H groups in total. The largest absolute Gasteiger partial charge is 0.510 e. The summed E-state index contributed by atoms with van der Waals surface area (Å²) in [6.07, 6.45) is 0. The van der Waals surface area contributed by atoms with Crippen LogP contribution in [0.3, 0.4) is 0 Å². The molecule has 0 aromatic carbocycles. The fourth-order valence-corrected chi connectivity index (χ4v) is 1.11. The monoisotopic (exact) mass is 163 g/mol. The maximum absolute atomic E-state index is 11.0. The lowest BCUT2D eigenvalue weighted by Gasteiger charge is -1.96. The van der Waals surface area contributed by atoms with E-state index >= 15 is 0 Å². The minimum atomic E-state index is -1.42. The highest BCUT2D eigenvalue weighted by Gasteiger charge is 2.22. The van der Waals surface area contributed by atoms with Gasteiger partial charge in [-0.05, 0) is 24.3 Å². The second kappa shape index (κ2) is 4.81. The normalized spacial score (nSPS) is 12.8. The fourth-order valence-electron chi connectivity index (χ4n) is 0.372. The van der Waals surface area contributed by atoms with Crippen molar-refractivity contribution in [3.05, 3.63) is 0 Å². The molecule has 2 nitrogen and oxygen atoms in total. The third-order valence-corrected chi connectivity index (χ3v) is 2.20. The van der Waals surface area contributed by atoms with Gasteiger partial charge in [0.05, 0.1) is 0 Å². The van der Waals surface area contributed by atoms with Crippen molar-refractivity contribution in [1.29, 1.82) is 0 Å². The van der Waals surface area contributed by atoms with Crippen molar-refractivity contribution >= 4 is 8.03 Å². The van der Waals surface area contributed by atoms with Crippen LogP contribution in [0.15, 0.2) is 0 Å². The maximum Gasteiger partial charge on any atom is 0.510 e. The second-order valence-electron chi connectivity index (χ2n) is 3.07. The molecule has 0 heterocycles. The molecule has 0 saturated heterocycles. The van der Waals surface area contributed by atoms with E-state index in [1.807, 2.05) is 27.7 Å². The molecule has 1 atom stereocenters. The van der Waals surface area contributed by atoms with Crippen LogP contribution in [-0.4, -0.2) is 12.3 Å². The van der Waals surface area contributed by atoms with Gasteiger partial charge >= 0.3 is 8.03 Å². The highest BCUT2D eigenvalue weighted by Crippen LogP contribution is 2.28. The minimum Gasteiger partial charge on any atom is -0.146 e. The first-order chi connectivity index (χ1) is 4.54. The standard InChI is InChI=1S/C7H16O2P/c1-6(2)5-9-10(8)7(3)4/h6-7H,5H2,1-4H3/q+1. The van der Waals surface area contributed by atoms with Gasteiger partial charge in [-0.1, -0.05) is 13.8 Å². The zero-order valence-corrected chi connectivity index (χ0v) is 8.02. The average molecular weight is 163 g/mol. The van der Waals surface area contributed by atoms with Crippen LogP contribution in [0.1, 0.15) is 27.7 Å². The molecule has 0 aliphatic heterocycles. The molecule has 0 aromatic rings. The van der Waals surface area contributed by atoms with Crippen LogP contribution in [0.25, 0.3) is 0 Å². The summed E-state index contributed by atoms with van der Waals surface area (Å²) in [5, 5.41) is 0. The molecule has 10 heavy (non-hydrogen) atoms. The Bertz CT molecular complexity index is 110. The van der Waals surface area contributed by atoms with Gasteiger partial charge in [0, 0.05) is 0 Å². The van der Waals surface area contributed by atoms with Gasteiger partial charge in [-0.15, -0.1) is 4.52 Å². The number of hydrogen-bond acceptors (Lipinski definition) is 2. The fraction of sp³-hybridized carbons (Fsp3) is 1.00. The van der Waals surface area contributed by atoms with E-state index in [0.717, 1.165) is 0 Å². The molecule has 0 amide bonds. The van der Waals surface area contributed by atoms with E-state index in [1.165, 1.54) is 0 Å². The van der Waals surface area contributed by atoms with Crippen LogP contribution in [0.4, 0.5) is 0 Å². The summed E-state index contributed by atoms with van der Waals surface area (Å²) < 4.78 is 16.0. The summed E-state index contributed by atoms with van der Waals surface area (Å²) in [7, 11) is -1.42. The Hall–Kier alpha value is 0.0600. The molecule has 0 rings (SSSR count).